The third-order valence-electron chi connectivity index (χ3n) is 5.36. The van der Waals surface area contributed by atoms with Gasteiger partial charge in [-0.05, 0) is 36.3 Å². The molecule has 0 N–H and O–H groups in total. The zero-order valence-electron chi connectivity index (χ0n) is 15.3. The molecule has 1 aromatic rings. The Labute approximate surface area is 159 Å². The topological polar surface area (TPSA) is 39.1 Å². The quantitative estimate of drug-likeness (QED) is 0.799. The maximum atomic E-state index is 12.7. The van der Waals surface area contributed by atoms with Gasteiger partial charge in [0.15, 0.2) is 5.17 Å². The number of anilines is 1. The first-order valence-corrected chi connectivity index (χ1v) is 10.3. The summed E-state index contributed by atoms with van der Waals surface area (Å²) in [6.07, 6.45) is 2.70. The van der Waals surface area contributed by atoms with Crippen molar-refractivity contribution in [1.29, 1.82) is 0 Å². The van der Waals surface area contributed by atoms with Crippen LogP contribution in [0.25, 0.3) is 0 Å². The minimum Gasteiger partial charge on any atom is -0.371 e. The van der Waals surface area contributed by atoms with Gasteiger partial charge in [-0.2, -0.15) is 0 Å². The molecular formula is C20H26N4OS. The second kappa shape index (κ2) is 7.74. The number of aliphatic imine (C=N–C) groups is 1. The van der Waals surface area contributed by atoms with Crippen LogP contribution in [0, 0.1) is 5.92 Å². The van der Waals surface area contributed by atoms with Gasteiger partial charge < -0.3 is 14.7 Å². The molecule has 4 rings (SSSR count). The highest BCUT2D eigenvalue weighted by Gasteiger charge is 2.29. The normalized spacial score (nSPS) is 22.1. The Hall–Kier alpha value is -1.95. The smallest absolute Gasteiger partial charge is 0.228 e. The van der Waals surface area contributed by atoms with Crippen LogP contribution in [0.3, 0.4) is 0 Å². The highest BCUT2D eigenvalue weighted by Crippen LogP contribution is 2.31. The lowest BCUT2D eigenvalue weighted by Gasteiger charge is -2.27. The molecule has 0 aliphatic carbocycles. The van der Waals surface area contributed by atoms with E-state index in [1.807, 2.05) is 11.9 Å². The number of carbonyl (C=O) groups is 1. The third kappa shape index (κ3) is 3.75. The summed E-state index contributed by atoms with van der Waals surface area (Å²) in [4.78, 5) is 23.8. The molecule has 0 aromatic heterocycles. The van der Waals surface area contributed by atoms with Crippen molar-refractivity contribution in [2.75, 3.05) is 44.7 Å². The summed E-state index contributed by atoms with van der Waals surface area (Å²) in [5.74, 6) is 0.755. The molecule has 0 bridgehead atoms. The Morgan fingerprint density at radius 2 is 2.15 bits per heavy atom. The Bertz CT molecular complexity index is 718. The average molecular weight is 371 g/mol. The molecule has 138 valence electrons. The molecule has 1 amide bonds. The van der Waals surface area contributed by atoms with Gasteiger partial charge in [-0.3, -0.25) is 9.79 Å². The van der Waals surface area contributed by atoms with Crippen LogP contribution in [0.2, 0.25) is 0 Å². The first-order chi connectivity index (χ1) is 12.7. The van der Waals surface area contributed by atoms with Crippen LogP contribution in [-0.2, 0) is 4.79 Å². The molecule has 1 atom stereocenters. The van der Waals surface area contributed by atoms with Gasteiger partial charge in [-0.25, -0.2) is 0 Å². The maximum absolute atomic E-state index is 12.7. The van der Waals surface area contributed by atoms with Gasteiger partial charge >= 0.3 is 0 Å². The van der Waals surface area contributed by atoms with Crippen molar-refractivity contribution in [2.24, 2.45) is 10.9 Å². The summed E-state index contributed by atoms with van der Waals surface area (Å²) in [5.41, 5.74) is 2.40. The standard InChI is InChI=1S/C20H26N4OS/c1-22(13-16-8-11-23(14-16)17-6-3-2-4-7-17)19(25)12-18-15-26-20-21-9-5-10-24(18)20/h2-4,6-7,15-16H,5,8-14H2,1H3/t16-/m1/s1. The minimum absolute atomic E-state index is 0.210. The van der Waals surface area contributed by atoms with E-state index in [-0.39, 0.29) is 5.91 Å². The van der Waals surface area contributed by atoms with Crippen LogP contribution in [0.4, 0.5) is 5.69 Å². The highest BCUT2D eigenvalue weighted by molar-refractivity contribution is 8.16. The number of carbonyl (C=O) groups excluding carboxylic acids is 1. The molecule has 0 saturated carbocycles. The monoisotopic (exact) mass is 370 g/mol. The molecule has 0 radical (unpaired) electrons. The molecule has 3 aliphatic heterocycles. The van der Waals surface area contributed by atoms with E-state index in [9.17, 15) is 4.79 Å². The zero-order valence-corrected chi connectivity index (χ0v) is 16.1. The van der Waals surface area contributed by atoms with E-state index in [1.165, 1.54) is 5.69 Å². The van der Waals surface area contributed by atoms with E-state index >= 15 is 0 Å². The summed E-state index contributed by atoms with van der Waals surface area (Å²) in [6, 6.07) is 10.6. The molecule has 3 aliphatic rings. The van der Waals surface area contributed by atoms with Crippen molar-refractivity contribution in [3.8, 4) is 0 Å². The van der Waals surface area contributed by atoms with Crippen LogP contribution >= 0.6 is 11.8 Å². The Morgan fingerprint density at radius 1 is 1.31 bits per heavy atom. The molecule has 6 heteroatoms. The average Bonchev–Trinajstić information content (AvgIpc) is 3.30. The number of fused-ring (bicyclic) bond motifs is 1. The number of para-hydroxylation sites is 1. The lowest BCUT2D eigenvalue weighted by Crippen LogP contribution is -2.36. The second-order valence-electron chi connectivity index (χ2n) is 7.28. The molecule has 0 spiro atoms. The number of hydrogen-bond acceptors (Lipinski definition) is 5. The summed E-state index contributed by atoms with van der Waals surface area (Å²) < 4.78 is 0. The van der Waals surface area contributed by atoms with E-state index in [2.05, 4.69) is 50.5 Å². The SMILES string of the molecule is CN(C[C@H]1CCN(c2ccccc2)C1)C(=O)CC1=CSC2=NCCCN12. The fraction of sp³-hybridized carbons (Fsp3) is 0.500. The maximum Gasteiger partial charge on any atom is 0.228 e. The Kier molecular flexibility index (Phi) is 5.20. The van der Waals surface area contributed by atoms with E-state index < -0.39 is 0 Å². The van der Waals surface area contributed by atoms with Crippen molar-refractivity contribution in [3.63, 3.8) is 0 Å². The van der Waals surface area contributed by atoms with E-state index in [0.29, 0.717) is 12.3 Å². The number of rotatable bonds is 5. The summed E-state index contributed by atoms with van der Waals surface area (Å²) in [7, 11) is 1.95. The largest absolute Gasteiger partial charge is 0.371 e. The lowest BCUT2D eigenvalue weighted by atomic mass is 10.1. The number of benzene rings is 1. The summed E-state index contributed by atoms with van der Waals surface area (Å²) >= 11 is 1.66. The lowest BCUT2D eigenvalue weighted by molar-refractivity contribution is -0.129. The molecule has 1 fully saturated rings. The van der Waals surface area contributed by atoms with Gasteiger partial charge in [0, 0.05) is 51.2 Å². The van der Waals surface area contributed by atoms with E-state index in [4.69, 9.17) is 0 Å². The molecule has 1 saturated heterocycles. The number of nitrogens with zero attached hydrogens (tertiary/aromatic N) is 4. The molecule has 3 heterocycles. The van der Waals surface area contributed by atoms with Gasteiger partial charge in [-0.1, -0.05) is 30.0 Å². The van der Waals surface area contributed by atoms with E-state index in [0.717, 1.165) is 56.4 Å². The summed E-state index contributed by atoms with van der Waals surface area (Å²) in [6.45, 7) is 4.84. The van der Waals surface area contributed by atoms with Crippen molar-refractivity contribution in [3.05, 3.63) is 41.4 Å². The number of thioether (sulfide) groups is 1. The van der Waals surface area contributed by atoms with Crippen LogP contribution in [-0.4, -0.2) is 60.6 Å². The predicted molar refractivity (Wildman–Crippen MR) is 108 cm³/mol. The van der Waals surface area contributed by atoms with Crippen LogP contribution < -0.4 is 4.90 Å². The summed E-state index contributed by atoms with van der Waals surface area (Å²) in [5, 5.41) is 3.17. The fourth-order valence-electron chi connectivity index (χ4n) is 3.91. The second-order valence-corrected chi connectivity index (χ2v) is 8.12. The van der Waals surface area contributed by atoms with Gasteiger partial charge in [-0.15, -0.1) is 0 Å². The predicted octanol–water partition coefficient (Wildman–Crippen LogP) is 3.01. The fourth-order valence-corrected chi connectivity index (χ4v) is 4.86. The van der Waals surface area contributed by atoms with Crippen LogP contribution in [0.15, 0.2) is 46.4 Å². The molecule has 0 unspecified atom stereocenters. The Morgan fingerprint density at radius 3 is 3.00 bits per heavy atom. The zero-order chi connectivity index (χ0) is 17.9. The Balaban J connectivity index is 1.28. The molecular weight excluding hydrogens is 344 g/mol. The number of amides is 1. The van der Waals surface area contributed by atoms with Crippen molar-refractivity contribution >= 4 is 28.5 Å². The van der Waals surface area contributed by atoms with Crippen molar-refractivity contribution in [1.82, 2.24) is 9.80 Å². The van der Waals surface area contributed by atoms with Gasteiger partial charge in [0.1, 0.15) is 0 Å². The molecule has 1 aromatic carbocycles. The van der Waals surface area contributed by atoms with Crippen molar-refractivity contribution in [2.45, 2.75) is 19.3 Å². The first-order valence-electron chi connectivity index (χ1n) is 9.42. The van der Waals surface area contributed by atoms with Crippen LogP contribution in [0.5, 0.6) is 0 Å². The van der Waals surface area contributed by atoms with Gasteiger partial charge in [0.05, 0.1) is 6.42 Å². The number of amidine groups is 1. The molecule has 26 heavy (non-hydrogen) atoms. The van der Waals surface area contributed by atoms with Crippen molar-refractivity contribution < 1.29 is 4.79 Å². The van der Waals surface area contributed by atoms with E-state index in [1.54, 1.807) is 11.8 Å². The van der Waals surface area contributed by atoms with Crippen LogP contribution in [0.1, 0.15) is 19.3 Å². The first kappa shape index (κ1) is 17.5. The van der Waals surface area contributed by atoms with Gasteiger partial charge in [0.2, 0.25) is 5.91 Å². The number of hydrogen-bond donors (Lipinski definition) is 0. The highest BCUT2D eigenvalue weighted by atomic mass is 32.2. The molecule has 5 nitrogen and oxygen atoms in total. The third-order valence-corrected chi connectivity index (χ3v) is 6.31. The minimum atomic E-state index is 0.210. The van der Waals surface area contributed by atoms with Gasteiger partial charge in [0.25, 0.3) is 0 Å².